The van der Waals surface area contributed by atoms with Crippen molar-refractivity contribution in [3.8, 4) is 0 Å². The van der Waals surface area contributed by atoms with E-state index in [-0.39, 0.29) is 40.4 Å². The summed E-state index contributed by atoms with van der Waals surface area (Å²) in [4.78, 5) is 51.8. The molecule has 13 heteroatoms. The van der Waals surface area contributed by atoms with E-state index >= 15 is 0 Å². The van der Waals surface area contributed by atoms with Gasteiger partial charge in [-0.2, -0.15) is 0 Å². The Kier molecular flexibility index (Phi) is 5.69. The van der Waals surface area contributed by atoms with E-state index in [1.807, 2.05) is 6.92 Å². The van der Waals surface area contributed by atoms with E-state index in [0.29, 0.717) is 24.2 Å². The second kappa shape index (κ2) is 8.37. The van der Waals surface area contributed by atoms with Gasteiger partial charge in [0.1, 0.15) is 11.2 Å². The van der Waals surface area contributed by atoms with Crippen LogP contribution in [0.4, 0.5) is 27.6 Å². The Labute approximate surface area is 212 Å². The molecule has 0 unspecified atom stereocenters. The van der Waals surface area contributed by atoms with Gasteiger partial charge in [0.2, 0.25) is 5.91 Å². The SMILES string of the molecule is CNC(=O)C1(NC(=O)C(=O)c2c(C)c(C(=O)Nc3cc(F)c(F)c(F)c3)n3c2C[C@H]2[C@@H](C)[C@H]23)CC(F)(F)C1. The van der Waals surface area contributed by atoms with Crippen LogP contribution in [0.3, 0.4) is 0 Å². The minimum atomic E-state index is -3.18. The third-order valence-corrected chi connectivity index (χ3v) is 7.81. The highest BCUT2D eigenvalue weighted by molar-refractivity contribution is 6.44. The number of halogens is 5. The number of likely N-dealkylation sites (N-methyl/N-ethyl adjacent to an activating group) is 1. The van der Waals surface area contributed by atoms with Gasteiger partial charge in [-0.05, 0) is 30.7 Å². The maximum absolute atomic E-state index is 13.7. The lowest BCUT2D eigenvalue weighted by Gasteiger charge is -2.45. The molecular formula is C25H23F5N4O4. The van der Waals surface area contributed by atoms with Crippen molar-refractivity contribution >= 4 is 29.2 Å². The van der Waals surface area contributed by atoms with Gasteiger partial charge in [-0.1, -0.05) is 6.92 Å². The molecule has 38 heavy (non-hydrogen) atoms. The molecule has 1 aromatic carbocycles. The number of fused-ring (bicyclic) bond motifs is 3. The number of Topliss-reactive ketones (excluding diaryl/α,β-unsaturated/α-hetero) is 1. The molecular weight excluding hydrogens is 515 g/mol. The van der Waals surface area contributed by atoms with Gasteiger partial charge in [-0.25, -0.2) is 22.0 Å². The average molecular weight is 538 g/mol. The van der Waals surface area contributed by atoms with E-state index in [1.165, 1.54) is 14.0 Å². The van der Waals surface area contributed by atoms with Crippen LogP contribution in [-0.4, -0.2) is 46.6 Å². The summed E-state index contributed by atoms with van der Waals surface area (Å²) in [6, 6.07) is 1.06. The highest BCUT2D eigenvalue weighted by Crippen LogP contribution is 2.59. The standard InChI is InChI=1S/C25H23F5N4O4/c1-9-12-6-15-16(20(35)22(37)33-24(23(38)31-3)7-25(29,30)8-24)10(2)19(34(15)18(9)12)21(36)32-11-4-13(26)17(28)14(27)5-11/h4-5,9,12,18H,6-8H2,1-3H3,(H,31,38)(H,32,36)(H,33,37)/t9-,12+,18-/m1/s1. The van der Waals surface area contributed by atoms with Crippen molar-refractivity contribution in [1.82, 2.24) is 15.2 Å². The van der Waals surface area contributed by atoms with Gasteiger partial charge in [0.15, 0.2) is 17.5 Å². The van der Waals surface area contributed by atoms with E-state index in [2.05, 4.69) is 16.0 Å². The quantitative estimate of drug-likeness (QED) is 0.227. The Hall–Kier alpha value is -3.77. The fourth-order valence-corrected chi connectivity index (χ4v) is 5.94. The number of hydrogen-bond donors (Lipinski definition) is 3. The van der Waals surface area contributed by atoms with Crippen molar-refractivity contribution in [3.63, 3.8) is 0 Å². The average Bonchev–Trinajstić information content (AvgIpc) is 3.14. The summed E-state index contributed by atoms with van der Waals surface area (Å²) in [6.45, 7) is 3.36. The van der Waals surface area contributed by atoms with Crippen molar-refractivity contribution in [1.29, 1.82) is 0 Å². The third kappa shape index (κ3) is 3.78. The molecule has 202 valence electrons. The van der Waals surface area contributed by atoms with Crippen LogP contribution in [0.2, 0.25) is 0 Å². The van der Waals surface area contributed by atoms with Crippen molar-refractivity contribution in [2.45, 2.75) is 50.6 Å². The number of amides is 3. The van der Waals surface area contributed by atoms with Crippen molar-refractivity contribution in [2.75, 3.05) is 12.4 Å². The molecule has 2 fully saturated rings. The third-order valence-electron chi connectivity index (χ3n) is 7.81. The van der Waals surface area contributed by atoms with Crippen LogP contribution in [0.15, 0.2) is 12.1 Å². The van der Waals surface area contributed by atoms with E-state index in [4.69, 9.17) is 0 Å². The molecule has 2 aromatic rings. The zero-order valence-electron chi connectivity index (χ0n) is 20.5. The summed E-state index contributed by atoms with van der Waals surface area (Å²) in [5.74, 6) is -11.7. The van der Waals surface area contributed by atoms with Crippen molar-refractivity contribution in [2.24, 2.45) is 11.8 Å². The number of hydrogen-bond acceptors (Lipinski definition) is 4. The number of benzene rings is 1. The van der Waals surface area contributed by atoms with Gasteiger partial charge < -0.3 is 20.5 Å². The molecule has 2 saturated carbocycles. The molecule has 0 radical (unpaired) electrons. The van der Waals surface area contributed by atoms with Crippen LogP contribution in [0, 0.1) is 36.2 Å². The first-order chi connectivity index (χ1) is 17.7. The van der Waals surface area contributed by atoms with E-state index in [1.54, 1.807) is 4.57 Å². The van der Waals surface area contributed by atoms with Crippen LogP contribution in [0.5, 0.6) is 0 Å². The smallest absolute Gasteiger partial charge is 0.293 e. The molecule has 5 rings (SSSR count). The Morgan fingerprint density at radius 1 is 1.05 bits per heavy atom. The number of carbonyl (C=O) groups is 4. The molecule has 1 aliphatic heterocycles. The number of alkyl halides is 2. The molecule has 3 amide bonds. The Morgan fingerprint density at radius 2 is 1.66 bits per heavy atom. The Bertz CT molecular complexity index is 1400. The molecule has 3 atom stereocenters. The van der Waals surface area contributed by atoms with Gasteiger partial charge in [-0.15, -0.1) is 0 Å². The van der Waals surface area contributed by atoms with Gasteiger partial charge in [0, 0.05) is 49.4 Å². The summed E-state index contributed by atoms with van der Waals surface area (Å²) in [5.41, 5.74) is -1.92. The molecule has 0 bridgehead atoms. The zero-order chi connectivity index (χ0) is 27.9. The molecule has 2 heterocycles. The number of nitrogens with zero attached hydrogens (tertiary/aromatic N) is 1. The first kappa shape index (κ1) is 25.9. The van der Waals surface area contributed by atoms with E-state index in [9.17, 15) is 41.1 Å². The molecule has 1 aromatic heterocycles. The van der Waals surface area contributed by atoms with Gasteiger partial charge in [-0.3, -0.25) is 19.2 Å². The molecule has 0 saturated heterocycles. The first-order valence-corrected chi connectivity index (χ1v) is 11.9. The lowest BCUT2D eigenvalue weighted by Crippen LogP contribution is -2.69. The maximum Gasteiger partial charge on any atom is 0.293 e. The highest BCUT2D eigenvalue weighted by Gasteiger charge is 2.62. The largest absolute Gasteiger partial charge is 0.357 e. The second-order valence-corrected chi connectivity index (χ2v) is 10.2. The first-order valence-electron chi connectivity index (χ1n) is 11.9. The molecule has 2 aliphatic carbocycles. The molecule has 8 nitrogen and oxygen atoms in total. The number of aromatic nitrogens is 1. The monoisotopic (exact) mass is 538 g/mol. The maximum atomic E-state index is 13.7. The predicted molar refractivity (Wildman–Crippen MR) is 122 cm³/mol. The lowest BCUT2D eigenvalue weighted by molar-refractivity contribution is -0.164. The number of ketones is 1. The zero-order valence-corrected chi connectivity index (χ0v) is 20.5. The van der Waals surface area contributed by atoms with Gasteiger partial charge >= 0.3 is 0 Å². The molecule has 3 aliphatic rings. The summed E-state index contributed by atoms with van der Waals surface area (Å²) >= 11 is 0. The minimum Gasteiger partial charge on any atom is -0.357 e. The van der Waals surface area contributed by atoms with Crippen LogP contribution in [0.1, 0.15) is 57.9 Å². The topological polar surface area (TPSA) is 109 Å². The number of carbonyl (C=O) groups excluding carboxylic acids is 4. The van der Waals surface area contributed by atoms with Crippen molar-refractivity contribution < 1.29 is 41.1 Å². The van der Waals surface area contributed by atoms with Crippen LogP contribution in [0.25, 0.3) is 0 Å². The highest BCUT2D eigenvalue weighted by atomic mass is 19.3. The Balaban J connectivity index is 1.48. The summed E-state index contributed by atoms with van der Waals surface area (Å²) in [6.07, 6.45) is -1.57. The number of rotatable bonds is 6. The Morgan fingerprint density at radius 3 is 2.21 bits per heavy atom. The minimum absolute atomic E-state index is 0.0191. The van der Waals surface area contributed by atoms with Crippen LogP contribution in [-0.2, 0) is 16.0 Å². The summed E-state index contributed by atoms with van der Waals surface area (Å²) in [7, 11) is 1.22. The number of anilines is 1. The lowest BCUT2D eigenvalue weighted by atomic mass is 9.72. The van der Waals surface area contributed by atoms with Crippen LogP contribution >= 0.6 is 0 Å². The fourth-order valence-electron chi connectivity index (χ4n) is 5.94. The molecule has 3 N–H and O–H groups in total. The van der Waals surface area contributed by atoms with Crippen LogP contribution < -0.4 is 16.0 Å². The number of nitrogens with one attached hydrogen (secondary N) is 3. The fraction of sp³-hybridized carbons (Fsp3) is 0.440. The van der Waals surface area contributed by atoms with E-state index in [0.717, 1.165) is 0 Å². The van der Waals surface area contributed by atoms with Gasteiger partial charge in [0.05, 0.1) is 5.56 Å². The summed E-state index contributed by atoms with van der Waals surface area (Å²) < 4.78 is 69.6. The normalized spacial score (nSPS) is 23.5. The molecule has 0 spiro atoms. The van der Waals surface area contributed by atoms with E-state index < -0.39 is 65.3 Å². The van der Waals surface area contributed by atoms with Gasteiger partial charge in [0.25, 0.3) is 23.5 Å². The second-order valence-electron chi connectivity index (χ2n) is 10.2. The van der Waals surface area contributed by atoms with Crippen molar-refractivity contribution in [3.05, 3.63) is 52.1 Å². The summed E-state index contributed by atoms with van der Waals surface area (Å²) in [5, 5.41) is 6.70. The predicted octanol–water partition coefficient (Wildman–Crippen LogP) is 3.04.